The molecule has 1 aromatic carbocycles. The van der Waals surface area contributed by atoms with Gasteiger partial charge in [-0.3, -0.25) is 0 Å². The van der Waals surface area contributed by atoms with Crippen molar-refractivity contribution in [3.63, 3.8) is 0 Å². The van der Waals surface area contributed by atoms with E-state index in [1.165, 1.54) is 12.0 Å². The summed E-state index contributed by atoms with van der Waals surface area (Å²) in [6, 6.07) is 8.94. The van der Waals surface area contributed by atoms with E-state index < -0.39 is 0 Å². The highest BCUT2D eigenvalue weighted by atomic mass is 79.9. The summed E-state index contributed by atoms with van der Waals surface area (Å²) < 4.78 is 6.86. The lowest BCUT2D eigenvalue weighted by Gasteiger charge is -2.21. The van der Waals surface area contributed by atoms with E-state index in [0.29, 0.717) is 18.1 Å². The molecule has 1 N–H and O–H groups in total. The van der Waals surface area contributed by atoms with Crippen LogP contribution < -0.4 is 5.32 Å². The second kappa shape index (κ2) is 6.69. The Balaban J connectivity index is 1.84. The maximum absolute atomic E-state index is 5.72. The van der Waals surface area contributed by atoms with Crippen molar-refractivity contribution in [3.05, 3.63) is 34.3 Å². The molecule has 0 aromatic heterocycles. The molecule has 100 valence electrons. The fourth-order valence-electron chi connectivity index (χ4n) is 2.57. The molecule has 1 aliphatic rings. The predicted octanol–water partition coefficient (Wildman–Crippen LogP) is 3.91. The summed E-state index contributed by atoms with van der Waals surface area (Å²) in [6.45, 7) is 6.41. The maximum Gasteiger partial charge on any atom is 0.0613 e. The van der Waals surface area contributed by atoms with E-state index in [1.807, 2.05) is 0 Å². The fraction of sp³-hybridized carbons (Fsp3) is 0.600. The monoisotopic (exact) mass is 311 g/mol. The van der Waals surface area contributed by atoms with Gasteiger partial charge in [-0.15, -0.1) is 0 Å². The number of hydrogen-bond acceptors (Lipinski definition) is 2. The minimum atomic E-state index is 0.399. The van der Waals surface area contributed by atoms with Gasteiger partial charge in [-0.1, -0.05) is 35.0 Å². The van der Waals surface area contributed by atoms with Crippen molar-refractivity contribution in [2.45, 2.75) is 38.8 Å². The molecule has 0 aliphatic carbocycles. The van der Waals surface area contributed by atoms with Crippen LogP contribution >= 0.6 is 15.9 Å². The molecule has 0 spiro atoms. The van der Waals surface area contributed by atoms with Gasteiger partial charge in [0, 0.05) is 23.7 Å². The molecule has 2 rings (SSSR count). The van der Waals surface area contributed by atoms with Crippen molar-refractivity contribution in [3.8, 4) is 0 Å². The fourth-order valence-corrected chi connectivity index (χ4v) is 2.84. The summed E-state index contributed by atoms with van der Waals surface area (Å²) in [5.74, 6) is 0.674. The van der Waals surface area contributed by atoms with Gasteiger partial charge < -0.3 is 10.1 Å². The van der Waals surface area contributed by atoms with E-state index in [-0.39, 0.29) is 0 Å². The second-order valence-corrected chi connectivity index (χ2v) is 5.96. The number of nitrogens with one attached hydrogen (secondary N) is 1. The van der Waals surface area contributed by atoms with Crippen LogP contribution in [0, 0.1) is 5.92 Å². The summed E-state index contributed by atoms with van der Waals surface area (Å²) in [7, 11) is 0. The Morgan fingerprint density at radius 2 is 2.11 bits per heavy atom. The molecular weight excluding hydrogens is 290 g/mol. The van der Waals surface area contributed by atoms with Gasteiger partial charge in [-0.2, -0.15) is 0 Å². The normalized spacial score (nSPS) is 25.3. The Kier molecular flexibility index (Phi) is 5.22. The molecule has 18 heavy (non-hydrogen) atoms. The van der Waals surface area contributed by atoms with Gasteiger partial charge in [0.2, 0.25) is 0 Å². The molecule has 1 saturated heterocycles. The average Bonchev–Trinajstić information content (AvgIpc) is 2.84. The van der Waals surface area contributed by atoms with Crippen molar-refractivity contribution in [2.75, 3.05) is 13.2 Å². The van der Waals surface area contributed by atoms with Gasteiger partial charge >= 0.3 is 0 Å². The molecule has 0 saturated carbocycles. The van der Waals surface area contributed by atoms with E-state index in [1.54, 1.807) is 0 Å². The van der Waals surface area contributed by atoms with Crippen LogP contribution in [0.1, 0.15) is 38.3 Å². The standard InChI is InChI=1S/C15H22BrNO/c1-3-15-13(8-9-18-15)10-17-11(2)12-4-6-14(16)7-5-12/h4-7,11,13,15,17H,3,8-10H2,1-2H3. The largest absolute Gasteiger partial charge is 0.378 e. The lowest BCUT2D eigenvalue weighted by molar-refractivity contribution is 0.0867. The van der Waals surface area contributed by atoms with E-state index in [4.69, 9.17) is 4.74 Å². The first-order valence-corrected chi connectivity index (χ1v) is 7.60. The van der Waals surface area contributed by atoms with Gasteiger partial charge in [-0.05, 0) is 43.4 Å². The molecule has 0 amide bonds. The van der Waals surface area contributed by atoms with E-state index in [0.717, 1.165) is 24.0 Å². The van der Waals surface area contributed by atoms with Crippen LogP contribution in [0.5, 0.6) is 0 Å². The molecular formula is C15H22BrNO. The summed E-state index contributed by atoms with van der Waals surface area (Å²) in [5.41, 5.74) is 1.34. The van der Waals surface area contributed by atoms with Gasteiger partial charge in [0.25, 0.3) is 0 Å². The highest BCUT2D eigenvalue weighted by Crippen LogP contribution is 2.24. The molecule has 1 fully saturated rings. The minimum Gasteiger partial charge on any atom is -0.378 e. The topological polar surface area (TPSA) is 21.3 Å². The molecule has 1 heterocycles. The van der Waals surface area contributed by atoms with Crippen LogP contribution in [0.3, 0.4) is 0 Å². The molecule has 3 heteroatoms. The first-order chi connectivity index (χ1) is 8.70. The SMILES string of the molecule is CCC1OCCC1CNC(C)c1ccc(Br)cc1. The second-order valence-electron chi connectivity index (χ2n) is 5.05. The van der Waals surface area contributed by atoms with Crippen LogP contribution in [0.4, 0.5) is 0 Å². The first kappa shape index (κ1) is 14.0. The van der Waals surface area contributed by atoms with Gasteiger partial charge in [0.15, 0.2) is 0 Å². The Morgan fingerprint density at radius 3 is 2.78 bits per heavy atom. The quantitative estimate of drug-likeness (QED) is 0.890. The summed E-state index contributed by atoms with van der Waals surface area (Å²) in [6.07, 6.45) is 2.77. The molecule has 0 radical (unpaired) electrons. The Labute approximate surface area is 118 Å². The van der Waals surface area contributed by atoms with E-state index in [9.17, 15) is 0 Å². The van der Waals surface area contributed by atoms with E-state index in [2.05, 4.69) is 59.4 Å². The van der Waals surface area contributed by atoms with Crippen LogP contribution in [0.15, 0.2) is 28.7 Å². The third kappa shape index (κ3) is 3.56. The number of benzene rings is 1. The van der Waals surface area contributed by atoms with Crippen LogP contribution in [-0.4, -0.2) is 19.3 Å². The Bertz CT molecular complexity index is 365. The highest BCUT2D eigenvalue weighted by Gasteiger charge is 2.26. The lowest BCUT2D eigenvalue weighted by Crippen LogP contribution is -2.30. The van der Waals surface area contributed by atoms with Crippen LogP contribution in [0.2, 0.25) is 0 Å². The van der Waals surface area contributed by atoms with Crippen molar-refractivity contribution in [1.82, 2.24) is 5.32 Å². The molecule has 2 nitrogen and oxygen atoms in total. The van der Waals surface area contributed by atoms with Gasteiger partial charge in [0.1, 0.15) is 0 Å². The maximum atomic E-state index is 5.72. The predicted molar refractivity (Wildman–Crippen MR) is 78.7 cm³/mol. The number of ether oxygens (including phenoxy) is 1. The highest BCUT2D eigenvalue weighted by molar-refractivity contribution is 9.10. The molecule has 3 atom stereocenters. The first-order valence-electron chi connectivity index (χ1n) is 6.81. The summed E-state index contributed by atoms with van der Waals surface area (Å²) in [4.78, 5) is 0. The number of halogens is 1. The van der Waals surface area contributed by atoms with Crippen LogP contribution in [0.25, 0.3) is 0 Å². The number of hydrogen-bond donors (Lipinski definition) is 1. The van der Waals surface area contributed by atoms with Crippen LogP contribution in [-0.2, 0) is 4.74 Å². The molecule has 3 unspecified atom stereocenters. The average molecular weight is 312 g/mol. The lowest BCUT2D eigenvalue weighted by atomic mass is 9.98. The van der Waals surface area contributed by atoms with Gasteiger partial charge in [0.05, 0.1) is 6.10 Å². The van der Waals surface area contributed by atoms with E-state index >= 15 is 0 Å². The number of rotatable bonds is 5. The molecule has 0 bridgehead atoms. The molecule has 1 aliphatic heterocycles. The zero-order valence-electron chi connectivity index (χ0n) is 11.2. The zero-order valence-corrected chi connectivity index (χ0v) is 12.7. The Morgan fingerprint density at radius 1 is 1.39 bits per heavy atom. The third-order valence-electron chi connectivity index (χ3n) is 3.80. The minimum absolute atomic E-state index is 0.399. The van der Waals surface area contributed by atoms with Crippen molar-refractivity contribution < 1.29 is 4.74 Å². The summed E-state index contributed by atoms with van der Waals surface area (Å²) in [5, 5.41) is 3.63. The van der Waals surface area contributed by atoms with Gasteiger partial charge in [-0.25, -0.2) is 0 Å². The van der Waals surface area contributed by atoms with Crippen molar-refractivity contribution >= 4 is 15.9 Å². The Hall–Kier alpha value is -0.380. The molecule has 1 aromatic rings. The third-order valence-corrected chi connectivity index (χ3v) is 4.33. The van der Waals surface area contributed by atoms with Crippen molar-refractivity contribution in [1.29, 1.82) is 0 Å². The zero-order chi connectivity index (χ0) is 13.0. The summed E-state index contributed by atoms with van der Waals surface area (Å²) >= 11 is 3.47. The van der Waals surface area contributed by atoms with Crippen molar-refractivity contribution in [2.24, 2.45) is 5.92 Å². The smallest absolute Gasteiger partial charge is 0.0613 e.